The number of esters is 1. The van der Waals surface area contributed by atoms with E-state index in [4.69, 9.17) is 16.3 Å². The molecule has 0 radical (unpaired) electrons. The van der Waals surface area contributed by atoms with Crippen LogP contribution in [-0.2, 0) is 14.3 Å². The molecule has 0 bridgehead atoms. The van der Waals surface area contributed by atoms with E-state index >= 15 is 0 Å². The van der Waals surface area contributed by atoms with Crippen LogP contribution in [0.1, 0.15) is 13.8 Å². The number of thioether (sulfide) groups is 2. The van der Waals surface area contributed by atoms with Crippen LogP contribution in [-0.4, -0.2) is 29.5 Å². The number of nitrogens with one attached hydrogen (secondary N) is 1. The third-order valence-corrected chi connectivity index (χ3v) is 5.60. The van der Waals surface area contributed by atoms with Crippen molar-refractivity contribution >= 4 is 52.7 Å². The van der Waals surface area contributed by atoms with E-state index in [1.165, 1.54) is 23.5 Å². The Bertz CT molecular complexity index is 591. The van der Waals surface area contributed by atoms with Crippen molar-refractivity contribution in [2.45, 2.75) is 20.0 Å². The molecule has 0 aliphatic carbocycles. The first-order chi connectivity index (χ1) is 10.5. The van der Waals surface area contributed by atoms with Gasteiger partial charge in [-0.2, -0.15) is 0 Å². The Morgan fingerprint density at radius 1 is 1.18 bits per heavy atom. The zero-order valence-corrected chi connectivity index (χ0v) is 14.6. The third-order valence-electron chi connectivity index (χ3n) is 2.63. The molecule has 1 aliphatic rings. The highest BCUT2D eigenvalue weighted by Crippen LogP contribution is 2.39. The maximum Gasteiger partial charge on any atom is 0.345 e. The van der Waals surface area contributed by atoms with Gasteiger partial charge in [0.2, 0.25) is 0 Å². The molecule has 22 heavy (non-hydrogen) atoms. The predicted octanol–water partition coefficient (Wildman–Crippen LogP) is 3.92. The summed E-state index contributed by atoms with van der Waals surface area (Å²) in [6.45, 7) is 3.51. The van der Waals surface area contributed by atoms with Gasteiger partial charge in [-0.05, 0) is 38.1 Å². The van der Waals surface area contributed by atoms with E-state index in [1.54, 1.807) is 38.1 Å². The number of hydrogen-bond donors (Lipinski definition) is 1. The van der Waals surface area contributed by atoms with Gasteiger partial charge < -0.3 is 10.1 Å². The van der Waals surface area contributed by atoms with Gasteiger partial charge in [0, 0.05) is 22.2 Å². The molecule has 0 spiro atoms. The highest BCUT2D eigenvalue weighted by atomic mass is 35.5. The molecule has 0 aromatic heterocycles. The Hall–Kier alpha value is -1.11. The van der Waals surface area contributed by atoms with Gasteiger partial charge in [0.15, 0.2) is 0 Å². The van der Waals surface area contributed by atoms with Gasteiger partial charge in [0.25, 0.3) is 5.91 Å². The highest BCUT2D eigenvalue weighted by molar-refractivity contribution is 8.25. The molecule has 0 saturated carbocycles. The lowest BCUT2D eigenvalue weighted by Gasteiger charge is -2.13. The molecule has 0 unspecified atom stereocenters. The topological polar surface area (TPSA) is 55.4 Å². The lowest BCUT2D eigenvalue weighted by atomic mass is 10.2. The van der Waals surface area contributed by atoms with Crippen LogP contribution in [0.2, 0.25) is 5.02 Å². The molecule has 1 N–H and O–H groups in total. The average Bonchev–Trinajstić information content (AvgIpc) is 2.94. The fraction of sp³-hybridized carbons (Fsp3) is 0.333. The minimum absolute atomic E-state index is 0.0798. The summed E-state index contributed by atoms with van der Waals surface area (Å²) in [5, 5.41) is 3.30. The van der Waals surface area contributed by atoms with Crippen molar-refractivity contribution in [3.05, 3.63) is 39.1 Å². The van der Waals surface area contributed by atoms with E-state index in [9.17, 15) is 9.59 Å². The van der Waals surface area contributed by atoms with E-state index in [-0.39, 0.29) is 11.7 Å². The van der Waals surface area contributed by atoms with Crippen LogP contribution in [0.4, 0.5) is 5.69 Å². The molecule has 1 saturated heterocycles. The number of carbonyl (C=O) groups is 2. The largest absolute Gasteiger partial charge is 0.459 e. The fourth-order valence-electron chi connectivity index (χ4n) is 1.72. The Morgan fingerprint density at radius 2 is 1.77 bits per heavy atom. The van der Waals surface area contributed by atoms with Crippen LogP contribution in [0.3, 0.4) is 0 Å². The van der Waals surface area contributed by atoms with Gasteiger partial charge in [-0.3, -0.25) is 4.79 Å². The Balaban J connectivity index is 2.21. The third kappa shape index (κ3) is 4.69. The molecule has 1 aliphatic heterocycles. The van der Waals surface area contributed by atoms with Crippen LogP contribution < -0.4 is 5.32 Å². The van der Waals surface area contributed by atoms with Crippen molar-refractivity contribution in [2.24, 2.45) is 0 Å². The highest BCUT2D eigenvalue weighted by Gasteiger charge is 2.28. The first kappa shape index (κ1) is 17.2. The molecule has 1 aromatic rings. The van der Waals surface area contributed by atoms with E-state index in [0.29, 0.717) is 10.7 Å². The maximum absolute atomic E-state index is 12.5. The van der Waals surface area contributed by atoms with Crippen LogP contribution in [0.25, 0.3) is 0 Å². The SMILES string of the molecule is CC(C)OC(=O)C(C(=O)Nc1ccc(Cl)cc1)=C1SCCS1. The molecular weight excluding hydrogens is 342 g/mol. The molecule has 7 heteroatoms. The molecule has 1 heterocycles. The van der Waals surface area contributed by atoms with Crippen LogP contribution >= 0.6 is 35.1 Å². The molecule has 1 fully saturated rings. The molecule has 0 atom stereocenters. The van der Waals surface area contributed by atoms with E-state index in [0.717, 1.165) is 15.7 Å². The van der Waals surface area contributed by atoms with E-state index < -0.39 is 11.9 Å². The lowest BCUT2D eigenvalue weighted by Crippen LogP contribution is -2.25. The summed E-state index contributed by atoms with van der Waals surface area (Å²) in [4.78, 5) is 24.7. The number of hydrogen-bond acceptors (Lipinski definition) is 5. The van der Waals surface area contributed by atoms with Gasteiger partial charge in [0.05, 0.1) is 10.3 Å². The van der Waals surface area contributed by atoms with Crippen molar-refractivity contribution in [2.75, 3.05) is 16.8 Å². The number of benzene rings is 1. The second-order valence-electron chi connectivity index (χ2n) is 4.77. The number of halogens is 1. The van der Waals surface area contributed by atoms with Crippen LogP contribution in [0.5, 0.6) is 0 Å². The van der Waals surface area contributed by atoms with Crippen LogP contribution in [0.15, 0.2) is 34.1 Å². The first-order valence-corrected chi connectivity index (χ1v) is 9.10. The van der Waals surface area contributed by atoms with Gasteiger partial charge in [0.1, 0.15) is 5.57 Å². The van der Waals surface area contributed by atoms with Crippen molar-refractivity contribution in [3.8, 4) is 0 Å². The smallest absolute Gasteiger partial charge is 0.345 e. The lowest BCUT2D eigenvalue weighted by molar-refractivity contribution is -0.143. The number of rotatable bonds is 4. The number of anilines is 1. The zero-order valence-electron chi connectivity index (χ0n) is 12.2. The molecular formula is C15H16ClNO3S2. The molecule has 1 aromatic carbocycles. The van der Waals surface area contributed by atoms with E-state index in [1.807, 2.05) is 0 Å². The summed E-state index contributed by atoms with van der Waals surface area (Å²) in [6, 6.07) is 6.72. The van der Waals surface area contributed by atoms with Gasteiger partial charge in [-0.1, -0.05) is 11.6 Å². The predicted molar refractivity (Wildman–Crippen MR) is 93.3 cm³/mol. The Kier molecular flexibility index (Phi) is 6.23. The number of amides is 1. The van der Waals surface area contributed by atoms with Crippen molar-refractivity contribution in [3.63, 3.8) is 0 Å². The van der Waals surface area contributed by atoms with Crippen molar-refractivity contribution in [1.29, 1.82) is 0 Å². The second kappa shape index (κ2) is 7.94. The first-order valence-electron chi connectivity index (χ1n) is 6.75. The minimum atomic E-state index is -0.585. The van der Waals surface area contributed by atoms with Gasteiger partial charge >= 0.3 is 5.97 Å². The van der Waals surface area contributed by atoms with Gasteiger partial charge in [-0.15, -0.1) is 23.5 Å². The summed E-state index contributed by atoms with van der Waals surface area (Å²) in [7, 11) is 0. The average molecular weight is 358 g/mol. The zero-order chi connectivity index (χ0) is 16.1. The number of ether oxygens (including phenoxy) is 1. The van der Waals surface area contributed by atoms with Crippen molar-refractivity contribution < 1.29 is 14.3 Å². The summed E-state index contributed by atoms with van der Waals surface area (Å²) in [5.74, 6) is 0.725. The quantitative estimate of drug-likeness (QED) is 0.383. The summed E-state index contributed by atoms with van der Waals surface area (Å²) >= 11 is 8.83. The molecule has 2 rings (SSSR count). The summed E-state index contributed by atoms with van der Waals surface area (Å²) in [6.07, 6.45) is -0.275. The summed E-state index contributed by atoms with van der Waals surface area (Å²) in [5.41, 5.74) is 0.661. The monoisotopic (exact) mass is 357 g/mol. The van der Waals surface area contributed by atoms with Crippen molar-refractivity contribution in [1.82, 2.24) is 0 Å². The molecule has 4 nitrogen and oxygen atoms in total. The molecule has 118 valence electrons. The summed E-state index contributed by atoms with van der Waals surface area (Å²) < 4.78 is 5.92. The second-order valence-corrected chi connectivity index (χ2v) is 7.68. The Labute approximate surface area is 143 Å². The minimum Gasteiger partial charge on any atom is -0.459 e. The van der Waals surface area contributed by atoms with E-state index in [2.05, 4.69) is 5.32 Å². The number of carbonyl (C=O) groups excluding carboxylic acids is 2. The normalized spacial score (nSPS) is 14.1. The Morgan fingerprint density at radius 3 is 2.32 bits per heavy atom. The fourth-order valence-corrected chi connectivity index (χ4v) is 4.36. The maximum atomic E-state index is 12.5. The van der Waals surface area contributed by atoms with Crippen LogP contribution in [0, 0.1) is 0 Å². The standard InChI is InChI=1S/C15H16ClNO3S2/c1-9(2)20-14(19)12(15-21-7-8-22-15)13(18)17-11-5-3-10(16)4-6-11/h3-6,9H,7-8H2,1-2H3,(H,17,18). The molecule has 1 amide bonds. The van der Waals surface area contributed by atoms with Gasteiger partial charge in [-0.25, -0.2) is 4.79 Å².